The SMILES string of the molecule is CCOC(=O)C1(Cc2cc(-c3ccccc3F)no2)CCN(Cc2ccccc2O)CC1. The van der Waals surface area contributed by atoms with Crippen molar-refractivity contribution < 1.29 is 23.6 Å². The highest BCUT2D eigenvalue weighted by Crippen LogP contribution is 2.38. The number of para-hydroxylation sites is 1. The summed E-state index contributed by atoms with van der Waals surface area (Å²) in [6.45, 7) is 4.08. The Bertz CT molecular complexity index is 1070. The van der Waals surface area contributed by atoms with Crippen molar-refractivity contribution in [3.8, 4) is 17.0 Å². The average molecular weight is 438 g/mol. The molecule has 2 heterocycles. The van der Waals surface area contributed by atoms with E-state index in [1.54, 1.807) is 43.3 Å². The molecule has 0 bridgehead atoms. The van der Waals surface area contributed by atoms with Crippen molar-refractivity contribution >= 4 is 5.97 Å². The van der Waals surface area contributed by atoms with Crippen LogP contribution in [0, 0.1) is 11.2 Å². The Morgan fingerprint density at radius 2 is 1.91 bits per heavy atom. The monoisotopic (exact) mass is 438 g/mol. The topological polar surface area (TPSA) is 75.8 Å². The highest BCUT2D eigenvalue weighted by Gasteiger charge is 2.44. The van der Waals surface area contributed by atoms with Crippen molar-refractivity contribution in [2.75, 3.05) is 19.7 Å². The highest BCUT2D eigenvalue weighted by atomic mass is 19.1. The van der Waals surface area contributed by atoms with Gasteiger partial charge in [0.1, 0.15) is 23.0 Å². The minimum Gasteiger partial charge on any atom is -0.508 e. The second-order valence-electron chi connectivity index (χ2n) is 8.24. The van der Waals surface area contributed by atoms with E-state index in [4.69, 9.17) is 9.26 Å². The first kappa shape index (κ1) is 22.0. The van der Waals surface area contributed by atoms with Gasteiger partial charge in [0.05, 0.1) is 12.0 Å². The van der Waals surface area contributed by atoms with Crippen molar-refractivity contribution in [3.05, 3.63) is 71.7 Å². The van der Waals surface area contributed by atoms with Gasteiger partial charge in [-0.2, -0.15) is 0 Å². The van der Waals surface area contributed by atoms with Crippen LogP contribution in [0.4, 0.5) is 4.39 Å². The predicted octanol–water partition coefficient (Wildman–Crippen LogP) is 4.57. The number of piperidine rings is 1. The summed E-state index contributed by atoms with van der Waals surface area (Å²) in [5.41, 5.74) is 0.914. The Kier molecular flexibility index (Phi) is 6.55. The first-order valence-electron chi connectivity index (χ1n) is 10.9. The fourth-order valence-corrected chi connectivity index (χ4v) is 4.29. The van der Waals surface area contributed by atoms with Crippen LogP contribution >= 0.6 is 0 Å². The van der Waals surface area contributed by atoms with E-state index < -0.39 is 5.41 Å². The number of ether oxygens (including phenoxy) is 1. The van der Waals surface area contributed by atoms with E-state index in [2.05, 4.69) is 10.1 Å². The fourth-order valence-electron chi connectivity index (χ4n) is 4.29. The number of hydrogen-bond acceptors (Lipinski definition) is 6. The molecule has 4 rings (SSSR count). The molecule has 0 spiro atoms. The average Bonchev–Trinajstić information content (AvgIpc) is 3.25. The van der Waals surface area contributed by atoms with E-state index in [1.165, 1.54) is 6.07 Å². The minimum atomic E-state index is -0.725. The molecule has 0 atom stereocenters. The quantitative estimate of drug-likeness (QED) is 0.545. The molecule has 1 aromatic heterocycles. The Morgan fingerprint density at radius 1 is 1.19 bits per heavy atom. The van der Waals surface area contributed by atoms with Crippen molar-refractivity contribution in [3.63, 3.8) is 0 Å². The summed E-state index contributed by atoms with van der Waals surface area (Å²) >= 11 is 0. The smallest absolute Gasteiger partial charge is 0.312 e. The molecule has 1 N–H and O–H groups in total. The fraction of sp³-hybridized carbons (Fsp3) is 0.360. The van der Waals surface area contributed by atoms with Crippen LogP contribution in [0.3, 0.4) is 0 Å². The van der Waals surface area contributed by atoms with Gasteiger partial charge >= 0.3 is 5.97 Å². The molecule has 3 aromatic rings. The summed E-state index contributed by atoms with van der Waals surface area (Å²) in [5.74, 6) is 0.193. The van der Waals surface area contributed by atoms with Gasteiger partial charge in [0.25, 0.3) is 0 Å². The summed E-state index contributed by atoms with van der Waals surface area (Å²) in [7, 11) is 0. The summed E-state index contributed by atoms with van der Waals surface area (Å²) in [6, 6.07) is 15.4. The molecule has 168 valence electrons. The second kappa shape index (κ2) is 9.53. The van der Waals surface area contributed by atoms with E-state index in [1.807, 2.05) is 12.1 Å². The van der Waals surface area contributed by atoms with Crippen LogP contribution in [0.15, 0.2) is 59.1 Å². The van der Waals surface area contributed by atoms with Gasteiger partial charge in [0.2, 0.25) is 0 Å². The molecule has 1 saturated heterocycles. The summed E-state index contributed by atoms with van der Waals surface area (Å²) in [5, 5.41) is 14.1. The summed E-state index contributed by atoms with van der Waals surface area (Å²) < 4.78 is 25.0. The van der Waals surface area contributed by atoms with Gasteiger partial charge in [-0.25, -0.2) is 4.39 Å². The number of aromatic nitrogens is 1. The number of hydrogen-bond donors (Lipinski definition) is 1. The number of rotatable bonds is 7. The summed E-state index contributed by atoms with van der Waals surface area (Å²) in [4.78, 5) is 15.2. The Balaban J connectivity index is 1.49. The minimum absolute atomic E-state index is 0.244. The number of benzene rings is 2. The largest absolute Gasteiger partial charge is 0.508 e. The number of aromatic hydroxyl groups is 1. The van der Waals surface area contributed by atoms with Gasteiger partial charge in [-0.3, -0.25) is 9.69 Å². The first-order chi connectivity index (χ1) is 15.5. The van der Waals surface area contributed by atoms with Crippen LogP contribution in [0.5, 0.6) is 5.75 Å². The van der Waals surface area contributed by atoms with E-state index in [9.17, 15) is 14.3 Å². The molecule has 0 saturated carbocycles. The van der Waals surface area contributed by atoms with E-state index in [-0.39, 0.29) is 17.5 Å². The van der Waals surface area contributed by atoms with Crippen molar-refractivity contribution in [1.82, 2.24) is 10.1 Å². The van der Waals surface area contributed by atoms with Gasteiger partial charge in [-0.15, -0.1) is 0 Å². The third-order valence-electron chi connectivity index (χ3n) is 6.13. The molecule has 7 heteroatoms. The zero-order valence-electron chi connectivity index (χ0n) is 18.1. The molecule has 2 aromatic carbocycles. The van der Waals surface area contributed by atoms with Crippen LogP contribution in [-0.4, -0.2) is 40.8 Å². The van der Waals surface area contributed by atoms with Crippen LogP contribution in [0.1, 0.15) is 31.1 Å². The maximum atomic E-state index is 14.1. The van der Waals surface area contributed by atoms with E-state index in [0.717, 1.165) is 5.56 Å². The van der Waals surface area contributed by atoms with Crippen molar-refractivity contribution in [2.45, 2.75) is 32.7 Å². The lowest BCUT2D eigenvalue weighted by molar-refractivity contribution is -0.159. The van der Waals surface area contributed by atoms with Crippen LogP contribution < -0.4 is 0 Å². The second-order valence-corrected chi connectivity index (χ2v) is 8.24. The van der Waals surface area contributed by atoms with Crippen molar-refractivity contribution in [2.24, 2.45) is 5.41 Å². The lowest BCUT2D eigenvalue weighted by Gasteiger charge is -2.39. The van der Waals surface area contributed by atoms with Crippen LogP contribution in [0.2, 0.25) is 0 Å². The zero-order chi connectivity index (χ0) is 22.6. The van der Waals surface area contributed by atoms with Crippen LogP contribution in [-0.2, 0) is 22.5 Å². The number of esters is 1. The number of likely N-dealkylation sites (tertiary alicyclic amines) is 1. The number of phenolic OH excluding ortho intramolecular Hbond substituents is 1. The Labute approximate surface area is 186 Å². The third-order valence-corrected chi connectivity index (χ3v) is 6.13. The maximum Gasteiger partial charge on any atom is 0.312 e. The maximum absolute atomic E-state index is 14.1. The lowest BCUT2D eigenvalue weighted by Crippen LogP contribution is -2.46. The molecule has 32 heavy (non-hydrogen) atoms. The predicted molar refractivity (Wildman–Crippen MR) is 117 cm³/mol. The van der Waals surface area contributed by atoms with E-state index >= 15 is 0 Å². The van der Waals surface area contributed by atoms with Gasteiger partial charge in [-0.1, -0.05) is 35.5 Å². The zero-order valence-corrected chi connectivity index (χ0v) is 18.1. The number of nitrogens with zero attached hydrogens (tertiary/aromatic N) is 2. The molecular formula is C25H27FN2O4. The third kappa shape index (κ3) is 4.67. The number of halogens is 1. The molecule has 1 aliphatic rings. The molecule has 6 nitrogen and oxygen atoms in total. The molecule has 0 radical (unpaired) electrons. The lowest BCUT2D eigenvalue weighted by atomic mass is 9.74. The van der Waals surface area contributed by atoms with Gasteiger partial charge in [0.15, 0.2) is 0 Å². The molecule has 0 amide bonds. The Morgan fingerprint density at radius 3 is 2.62 bits per heavy atom. The first-order valence-corrected chi connectivity index (χ1v) is 10.9. The van der Waals surface area contributed by atoms with Gasteiger partial charge < -0.3 is 14.4 Å². The summed E-state index contributed by atoms with van der Waals surface area (Å²) in [6.07, 6.45) is 1.53. The molecular weight excluding hydrogens is 411 g/mol. The normalized spacial score (nSPS) is 16.1. The number of carbonyl (C=O) groups excluding carboxylic acids is 1. The molecule has 1 fully saturated rings. The van der Waals surface area contributed by atoms with Crippen LogP contribution in [0.25, 0.3) is 11.3 Å². The van der Waals surface area contributed by atoms with E-state index in [0.29, 0.717) is 62.5 Å². The van der Waals surface area contributed by atoms with Gasteiger partial charge in [-0.05, 0) is 51.1 Å². The molecule has 0 unspecified atom stereocenters. The number of carbonyl (C=O) groups is 1. The Hall–Kier alpha value is -3.19. The molecule has 1 aliphatic heterocycles. The number of phenols is 1. The highest BCUT2D eigenvalue weighted by molar-refractivity contribution is 5.77. The standard InChI is InChI=1S/C25H27FN2O4/c1-2-31-24(30)25(11-13-28(14-12-25)17-18-7-3-6-10-23(18)29)16-19-15-22(27-32-19)20-8-4-5-9-21(20)26/h3-10,15,29H,2,11-14,16-17H2,1H3. The van der Waals surface area contributed by atoms with Crippen molar-refractivity contribution in [1.29, 1.82) is 0 Å². The van der Waals surface area contributed by atoms with Gasteiger partial charge in [0, 0.05) is 30.2 Å². The molecule has 0 aliphatic carbocycles.